The molecular formula is C17H21N3S. The quantitative estimate of drug-likeness (QED) is 0.877. The summed E-state index contributed by atoms with van der Waals surface area (Å²) in [5, 5.41) is 0. The van der Waals surface area contributed by atoms with Crippen molar-refractivity contribution in [2.75, 3.05) is 0 Å². The van der Waals surface area contributed by atoms with E-state index in [9.17, 15) is 0 Å². The largest absolute Gasteiger partial charge is 0.389 e. The minimum absolute atomic E-state index is 0.454. The van der Waals surface area contributed by atoms with Crippen LogP contribution in [0, 0.1) is 0 Å². The van der Waals surface area contributed by atoms with Crippen molar-refractivity contribution in [1.82, 2.24) is 9.55 Å². The summed E-state index contributed by atoms with van der Waals surface area (Å²) >= 11 is 5.06. The zero-order chi connectivity index (χ0) is 14.7. The topological polar surface area (TPSA) is 43.8 Å². The molecule has 110 valence electrons. The van der Waals surface area contributed by atoms with Crippen molar-refractivity contribution < 1.29 is 0 Å². The van der Waals surface area contributed by atoms with Crippen molar-refractivity contribution in [3.8, 4) is 0 Å². The first-order valence-corrected chi connectivity index (χ1v) is 8.04. The fourth-order valence-corrected chi connectivity index (χ4v) is 3.32. The number of nitrogens with two attached hydrogens (primary N) is 1. The Kier molecular flexibility index (Phi) is 4.34. The standard InChI is InChI=1S/C17H21N3S/c18-16(21)15-8-4-5-13(11-15)12-20-10-9-19-17(20)14-6-2-1-3-7-14/h4-5,8-11,14H,1-3,6-7,12H2,(H2,18,21). The van der Waals surface area contributed by atoms with Crippen molar-refractivity contribution in [2.45, 2.75) is 44.6 Å². The molecule has 0 spiro atoms. The second kappa shape index (κ2) is 6.39. The predicted molar refractivity (Wildman–Crippen MR) is 89.5 cm³/mol. The molecule has 0 bridgehead atoms. The third-order valence-corrected chi connectivity index (χ3v) is 4.52. The van der Waals surface area contributed by atoms with Crippen LogP contribution in [0.2, 0.25) is 0 Å². The smallest absolute Gasteiger partial charge is 0.112 e. The second-order valence-electron chi connectivity index (χ2n) is 5.81. The van der Waals surface area contributed by atoms with Crippen molar-refractivity contribution in [2.24, 2.45) is 5.73 Å². The van der Waals surface area contributed by atoms with Gasteiger partial charge in [0.1, 0.15) is 10.8 Å². The molecule has 1 heterocycles. The molecule has 0 atom stereocenters. The highest BCUT2D eigenvalue weighted by molar-refractivity contribution is 7.80. The third kappa shape index (κ3) is 3.32. The first kappa shape index (κ1) is 14.3. The van der Waals surface area contributed by atoms with Gasteiger partial charge in [0.2, 0.25) is 0 Å². The molecule has 1 aromatic carbocycles. The van der Waals surface area contributed by atoms with Crippen molar-refractivity contribution in [3.63, 3.8) is 0 Å². The Morgan fingerprint density at radius 1 is 1.29 bits per heavy atom. The number of thiocarbonyl (C=S) groups is 1. The van der Waals surface area contributed by atoms with Gasteiger partial charge in [-0.1, -0.05) is 49.7 Å². The molecule has 3 nitrogen and oxygen atoms in total. The van der Waals surface area contributed by atoms with Crippen LogP contribution in [0.15, 0.2) is 36.7 Å². The third-order valence-electron chi connectivity index (χ3n) is 4.28. The van der Waals surface area contributed by atoms with Gasteiger partial charge in [-0.25, -0.2) is 4.98 Å². The molecule has 3 rings (SSSR count). The highest BCUT2D eigenvalue weighted by Gasteiger charge is 2.19. The van der Waals surface area contributed by atoms with Gasteiger partial charge < -0.3 is 10.3 Å². The number of imidazole rings is 1. The zero-order valence-electron chi connectivity index (χ0n) is 12.2. The molecule has 1 aliphatic rings. The van der Waals surface area contributed by atoms with Crippen LogP contribution in [0.5, 0.6) is 0 Å². The molecule has 4 heteroatoms. The van der Waals surface area contributed by atoms with E-state index in [4.69, 9.17) is 18.0 Å². The molecule has 2 N–H and O–H groups in total. The second-order valence-corrected chi connectivity index (χ2v) is 6.25. The highest BCUT2D eigenvalue weighted by atomic mass is 32.1. The summed E-state index contributed by atoms with van der Waals surface area (Å²) in [7, 11) is 0. The van der Waals surface area contributed by atoms with E-state index < -0.39 is 0 Å². The van der Waals surface area contributed by atoms with Crippen LogP contribution in [0.25, 0.3) is 0 Å². The Hall–Kier alpha value is -1.68. The molecule has 0 amide bonds. The molecule has 1 saturated carbocycles. The minimum Gasteiger partial charge on any atom is -0.389 e. The maximum absolute atomic E-state index is 5.72. The summed E-state index contributed by atoms with van der Waals surface area (Å²) < 4.78 is 2.27. The Morgan fingerprint density at radius 3 is 2.86 bits per heavy atom. The van der Waals surface area contributed by atoms with Crippen LogP contribution in [0.4, 0.5) is 0 Å². The summed E-state index contributed by atoms with van der Waals surface area (Å²) in [5.74, 6) is 1.85. The summed E-state index contributed by atoms with van der Waals surface area (Å²) in [6.45, 7) is 0.836. The van der Waals surface area contributed by atoms with Gasteiger partial charge in [0.05, 0.1) is 0 Å². The molecule has 0 unspecified atom stereocenters. The Labute approximate surface area is 131 Å². The fourth-order valence-electron chi connectivity index (χ4n) is 3.19. The summed E-state index contributed by atoms with van der Waals surface area (Å²) in [6.07, 6.45) is 10.6. The van der Waals surface area contributed by atoms with Crippen LogP contribution >= 0.6 is 12.2 Å². The average molecular weight is 299 g/mol. The van der Waals surface area contributed by atoms with Gasteiger partial charge in [-0.2, -0.15) is 0 Å². The summed E-state index contributed by atoms with van der Waals surface area (Å²) in [5.41, 5.74) is 7.87. The Balaban J connectivity index is 1.80. The SMILES string of the molecule is NC(=S)c1cccc(Cn2ccnc2C2CCCCC2)c1. The lowest BCUT2D eigenvalue weighted by atomic mass is 9.88. The van der Waals surface area contributed by atoms with Gasteiger partial charge in [0.25, 0.3) is 0 Å². The number of benzene rings is 1. The highest BCUT2D eigenvalue weighted by Crippen LogP contribution is 2.31. The fraction of sp³-hybridized carbons (Fsp3) is 0.412. The summed E-state index contributed by atoms with van der Waals surface area (Å²) in [4.78, 5) is 5.06. The first-order valence-electron chi connectivity index (χ1n) is 7.64. The molecule has 1 aromatic heterocycles. The number of nitrogens with zero attached hydrogens (tertiary/aromatic N) is 2. The van der Waals surface area contributed by atoms with E-state index in [0.717, 1.165) is 12.1 Å². The van der Waals surface area contributed by atoms with E-state index in [0.29, 0.717) is 10.9 Å². The minimum atomic E-state index is 0.454. The molecular weight excluding hydrogens is 278 g/mol. The van der Waals surface area contributed by atoms with Crippen molar-refractivity contribution in [3.05, 3.63) is 53.6 Å². The van der Waals surface area contributed by atoms with E-state index in [-0.39, 0.29) is 0 Å². The predicted octanol–water partition coefficient (Wildman–Crippen LogP) is 3.61. The number of hydrogen-bond acceptors (Lipinski definition) is 2. The molecule has 2 aromatic rings. The van der Waals surface area contributed by atoms with Crippen LogP contribution < -0.4 is 5.73 Å². The van der Waals surface area contributed by atoms with E-state index >= 15 is 0 Å². The van der Waals surface area contributed by atoms with Gasteiger partial charge >= 0.3 is 0 Å². The lowest BCUT2D eigenvalue weighted by Crippen LogP contribution is -2.13. The Bertz CT molecular complexity index is 626. The number of aromatic nitrogens is 2. The van der Waals surface area contributed by atoms with Gasteiger partial charge in [-0.15, -0.1) is 0 Å². The average Bonchev–Trinajstić information content (AvgIpc) is 2.96. The van der Waals surface area contributed by atoms with Gasteiger partial charge in [0, 0.05) is 30.4 Å². The lowest BCUT2D eigenvalue weighted by molar-refractivity contribution is 0.418. The molecule has 21 heavy (non-hydrogen) atoms. The molecule has 0 aliphatic heterocycles. The van der Waals surface area contributed by atoms with Crippen LogP contribution in [-0.4, -0.2) is 14.5 Å². The van der Waals surface area contributed by atoms with Crippen molar-refractivity contribution in [1.29, 1.82) is 0 Å². The van der Waals surface area contributed by atoms with Gasteiger partial charge in [-0.3, -0.25) is 0 Å². The molecule has 0 saturated heterocycles. The maximum atomic E-state index is 5.72. The van der Waals surface area contributed by atoms with Gasteiger partial charge in [0.15, 0.2) is 0 Å². The number of rotatable bonds is 4. The van der Waals surface area contributed by atoms with Gasteiger partial charge in [-0.05, 0) is 24.5 Å². The lowest BCUT2D eigenvalue weighted by Gasteiger charge is -2.22. The first-order chi connectivity index (χ1) is 10.2. The normalized spacial score (nSPS) is 16.0. The van der Waals surface area contributed by atoms with E-state index in [1.54, 1.807) is 0 Å². The van der Waals surface area contributed by atoms with Crippen molar-refractivity contribution >= 4 is 17.2 Å². The molecule has 1 fully saturated rings. The van der Waals surface area contributed by atoms with Crippen LogP contribution in [0.1, 0.15) is 55.0 Å². The molecule has 1 aliphatic carbocycles. The van der Waals surface area contributed by atoms with Crippen LogP contribution in [-0.2, 0) is 6.54 Å². The monoisotopic (exact) mass is 299 g/mol. The zero-order valence-corrected chi connectivity index (χ0v) is 13.0. The molecule has 0 radical (unpaired) electrons. The van der Waals surface area contributed by atoms with E-state index in [1.165, 1.54) is 43.5 Å². The van der Waals surface area contributed by atoms with E-state index in [1.807, 2.05) is 18.3 Å². The summed E-state index contributed by atoms with van der Waals surface area (Å²) in [6, 6.07) is 8.17. The Morgan fingerprint density at radius 2 is 2.10 bits per heavy atom. The van der Waals surface area contributed by atoms with E-state index in [2.05, 4.69) is 27.9 Å². The van der Waals surface area contributed by atoms with Crippen LogP contribution in [0.3, 0.4) is 0 Å². The maximum Gasteiger partial charge on any atom is 0.112 e. The number of hydrogen-bond donors (Lipinski definition) is 1.